The number of benzene rings is 2. The van der Waals surface area contributed by atoms with Gasteiger partial charge in [0.15, 0.2) is 0 Å². The second-order valence-corrected chi connectivity index (χ2v) is 7.56. The summed E-state index contributed by atoms with van der Waals surface area (Å²) in [6.07, 6.45) is 0.235. The van der Waals surface area contributed by atoms with Gasteiger partial charge in [-0.3, -0.25) is 9.59 Å². The maximum absolute atomic E-state index is 12.7. The van der Waals surface area contributed by atoms with E-state index in [0.29, 0.717) is 19.7 Å². The van der Waals surface area contributed by atoms with Gasteiger partial charge in [-0.25, -0.2) is 0 Å². The number of nitrogens with one attached hydrogen (secondary N) is 1. The van der Waals surface area contributed by atoms with E-state index in [-0.39, 0.29) is 24.2 Å². The fraction of sp³-hybridized carbons (Fsp3) is 0.391. The maximum atomic E-state index is 12.7. The summed E-state index contributed by atoms with van der Waals surface area (Å²) in [5, 5.41) is 3.02. The first-order valence-corrected chi connectivity index (χ1v) is 10.0. The lowest BCUT2D eigenvalue weighted by Gasteiger charge is -2.18. The zero-order valence-corrected chi connectivity index (χ0v) is 17.4. The molecule has 1 N–H and O–H groups in total. The fourth-order valence-corrected chi connectivity index (χ4v) is 3.57. The van der Waals surface area contributed by atoms with Crippen LogP contribution in [-0.2, 0) is 22.7 Å². The van der Waals surface area contributed by atoms with Crippen molar-refractivity contribution in [2.24, 2.45) is 5.92 Å². The van der Waals surface area contributed by atoms with E-state index in [4.69, 9.17) is 4.74 Å². The summed E-state index contributed by atoms with van der Waals surface area (Å²) in [5.74, 6) is 0.331. The second kappa shape index (κ2) is 9.56. The number of hydrogen-bond acceptors (Lipinski definition) is 4. The van der Waals surface area contributed by atoms with Gasteiger partial charge in [0.25, 0.3) is 0 Å². The van der Waals surface area contributed by atoms with E-state index in [9.17, 15) is 9.59 Å². The molecule has 1 atom stereocenters. The molecule has 0 bridgehead atoms. The van der Waals surface area contributed by atoms with Crippen molar-refractivity contribution in [2.75, 3.05) is 32.1 Å². The number of amides is 2. The molecule has 6 heteroatoms. The van der Waals surface area contributed by atoms with Gasteiger partial charge in [-0.15, -0.1) is 0 Å². The van der Waals surface area contributed by atoms with Crippen LogP contribution in [0, 0.1) is 5.92 Å². The molecule has 0 spiro atoms. The summed E-state index contributed by atoms with van der Waals surface area (Å²) >= 11 is 0. The zero-order chi connectivity index (χ0) is 20.8. The van der Waals surface area contributed by atoms with Gasteiger partial charge < -0.3 is 19.9 Å². The normalized spacial score (nSPS) is 16.3. The van der Waals surface area contributed by atoms with Crippen LogP contribution in [0.5, 0.6) is 5.75 Å². The molecule has 1 fully saturated rings. The third-order valence-corrected chi connectivity index (χ3v) is 5.01. The standard InChI is InChI=1S/C23H29N3O3/c1-4-29-21-11-9-20(10-12-21)26-16-19(13-22(26)27)23(28)24-14-17-7-5-6-8-18(17)15-25(2)3/h5-12,19H,4,13-16H2,1-3H3,(H,24,28)/t19-/m0/s1. The minimum absolute atomic E-state index is 0.0256. The van der Waals surface area contributed by atoms with E-state index in [1.807, 2.05) is 63.5 Å². The highest BCUT2D eigenvalue weighted by Gasteiger charge is 2.35. The Morgan fingerprint density at radius 1 is 1.14 bits per heavy atom. The first-order valence-electron chi connectivity index (χ1n) is 10.0. The van der Waals surface area contributed by atoms with E-state index < -0.39 is 0 Å². The number of rotatable bonds is 8. The molecule has 2 aromatic rings. The second-order valence-electron chi connectivity index (χ2n) is 7.56. The largest absolute Gasteiger partial charge is 0.494 e. The highest BCUT2D eigenvalue weighted by molar-refractivity contribution is 6.00. The molecule has 0 aliphatic carbocycles. The first kappa shape index (κ1) is 20.9. The minimum Gasteiger partial charge on any atom is -0.494 e. The third kappa shape index (κ3) is 5.35. The van der Waals surface area contributed by atoms with E-state index in [0.717, 1.165) is 23.5 Å². The molecule has 0 aromatic heterocycles. The van der Waals surface area contributed by atoms with E-state index in [2.05, 4.69) is 16.3 Å². The molecule has 1 saturated heterocycles. The van der Waals surface area contributed by atoms with Crippen molar-refractivity contribution in [1.29, 1.82) is 0 Å². The number of nitrogens with zero attached hydrogens (tertiary/aromatic N) is 2. The SMILES string of the molecule is CCOc1ccc(N2C[C@@H](C(=O)NCc3ccccc3CN(C)C)CC2=O)cc1. The Balaban J connectivity index is 1.59. The Morgan fingerprint density at radius 3 is 2.48 bits per heavy atom. The lowest BCUT2D eigenvalue weighted by Crippen LogP contribution is -2.33. The summed E-state index contributed by atoms with van der Waals surface area (Å²) in [4.78, 5) is 28.9. The molecule has 0 unspecified atom stereocenters. The molecular weight excluding hydrogens is 366 g/mol. The van der Waals surface area contributed by atoms with Crippen LogP contribution in [0.4, 0.5) is 5.69 Å². The third-order valence-electron chi connectivity index (χ3n) is 5.01. The van der Waals surface area contributed by atoms with Crippen molar-refractivity contribution in [1.82, 2.24) is 10.2 Å². The Labute approximate surface area is 172 Å². The topological polar surface area (TPSA) is 61.9 Å². The van der Waals surface area contributed by atoms with Gasteiger partial charge in [-0.05, 0) is 56.4 Å². The quantitative estimate of drug-likeness (QED) is 0.747. The molecule has 29 heavy (non-hydrogen) atoms. The van der Waals surface area contributed by atoms with E-state index >= 15 is 0 Å². The van der Waals surface area contributed by atoms with Crippen molar-refractivity contribution >= 4 is 17.5 Å². The molecule has 0 saturated carbocycles. The molecule has 2 amide bonds. The van der Waals surface area contributed by atoms with Gasteiger partial charge in [0, 0.05) is 31.7 Å². The van der Waals surface area contributed by atoms with Crippen LogP contribution in [0.25, 0.3) is 0 Å². The highest BCUT2D eigenvalue weighted by Crippen LogP contribution is 2.27. The number of carbonyl (C=O) groups is 2. The highest BCUT2D eigenvalue weighted by atomic mass is 16.5. The van der Waals surface area contributed by atoms with Gasteiger partial charge in [-0.2, -0.15) is 0 Å². The summed E-state index contributed by atoms with van der Waals surface area (Å²) in [5.41, 5.74) is 3.09. The predicted octanol–water partition coefficient (Wildman–Crippen LogP) is 2.82. The Kier molecular flexibility index (Phi) is 6.88. The minimum atomic E-state index is -0.338. The molecule has 1 heterocycles. The summed E-state index contributed by atoms with van der Waals surface area (Å²) in [6, 6.07) is 15.5. The molecule has 2 aromatic carbocycles. The van der Waals surface area contributed by atoms with Crippen molar-refractivity contribution < 1.29 is 14.3 Å². The number of hydrogen-bond donors (Lipinski definition) is 1. The van der Waals surface area contributed by atoms with Crippen LogP contribution in [0.15, 0.2) is 48.5 Å². The molecule has 3 rings (SSSR count). The molecule has 0 radical (unpaired) electrons. The molecule has 6 nitrogen and oxygen atoms in total. The monoisotopic (exact) mass is 395 g/mol. The number of anilines is 1. The van der Waals surface area contributed by atoms with E-state index in [1.54, 1.807) is 4.90 Å². The van der Waals surface area contributed by atoms with Crippen LogP contribution in [0.3, 0.4) is 0 Å². The van der Waals surface area contributed by atoms with Crippen molar-refractivity contribution in [2.45, 2.75) is 26.4 Å². The van der Waals surface area contributed by atoms with Crippen molar-refractivity contribution in [3.63, 3.8) is 0 Å². The molecule has 154 valence electrons. The van der Waals surface area contributed by atoms with Gasteiger partial charge in [0.1, 0.15) is 5.75 Å². The summed E-state index contributed by atoms with van der Waals surface area (Å²) in [7, 11) is 4.05. The predicted molar refractivity (Wildman–Crippen MR) is 114 cm³/mol. The average Bonchev–Trinajstić information content (AvgIpc) is 3.09. The maximum Gasteiger partial charge on any atom is 0.227 e. The van der Waals surface area contributed by atoms with Crippen LogP contribution in [-0.4, -0.2) is 44.0 Å². The number of ether oxygens (including phenoxy) is 1. The fourth-order valence-electron chi connectivity index (χ4n) is 3.57. The van der Waals surface area contributed by atoms with E-state index in [1.165, 1.54) is 5.56 Å². The van der Waals surface area contributed by atoms with Crippen LogP contribution in [0.2, 0.25) is 0 Å². The van der Waals surface area contributed by atoms with Crippen molar-refractivity contribution in [3.05, 3.63) is 59.7 Å². The zero-order valence-electron chi connectivity index (χ0n) is 17.4. The van der Waals surface area contributed by atoms with Crippen LogP contribution >= 0.6 is 0 Å². The van der Waals surface area contributed by atoms with Crippen LogP contribution in [0.1, 0.15) is 24.5 Å². The van der Waals surface area contributed by atoms with Gasteiger partial charge in [0.2, 0.25) is 11.8 Å². The van der Waals surface area contributed by atoms with Gasteiger partial charge in [0.05, 0.1) is 12.5 Å². The first-order chi connectivity index (χ1) is 14.0. The molecule has 1 aliphatic rings. The lowest BCUT2D eigenvalue weighted by molar-refractivity contribution is -0.126. The Morgan fingerprint density at radius 2 is 1.83 bits per heavy atom. The molecule has 1 aliphatic heterocycles. The van der Waals surface area contributed by atoms with Crippen molar-refractivity contribution in [3.8, 4) is 5.75 Å². The average molecular weight is 396 g/mol. The van der Waals surface area contributed by atoms with Gasteiger partial charge in [-0.1, -0.05) is 24.3 Å². The lowest BCUT2D eigenvalue weighted by atomic mass is 10.1. The summed E-state index contributed by atoms with van der Waals surface area (Å²) in [6.45, 7) is 4.22. The number of carbonyl (C=O) groups excluding carboxylic acids is 2. The molecular formula is C23H29N3O3. The Bertz CT molecular complexity index is 849. The smallest absolute Gasteiger partial charge is 0.227 e. The Hall–Kier alpha value is -2.86. The van der Waals surface area contributed by atoms with Crippen LogP contribution < -0.4 is 15.0 Å². The summed E-state index contributed by atoms with van der Waals surface area (Å²) < 4.78 is 5.45. The van der Waals surface area contributed by atoms with Gasteiger partial charge >= 0.3 is 0 Å².